The summed E-state index contributed by atoms with van der Waals surface area (Å²) in [6.07, 6.45) is 4.09. The van der Waals surface area contributed by atoms with Crippen molar-refractivity contribution in [3.63, 3.8) is 0 Å². The topological polar surface area (TPSA) is 12.0 Å². The lowest BCUT2D eigenvalue weighted by Crippen LogP contribution is -2.32. The van der Waals surface area contributed by atoms with Crippen molar-refractivity contribution in [1.29, 1.82) is 0 Å². The average molecular weight is 245 g/mol. The Morgan fingerprint density at radius 2 is 2.00 bits per heavy atom. The van der Waals surface area contributed by atoms with E-state index in [0.717, 1.165) is 24.4 Å². The van der Waals surface area contributed by atoms with Crippen molar-refractivity contribution in [2.45, 2.75) is 59.5 Å². The normalized spacial score (nSPS) is 27.7. The highest BCUT2D eigenvalue weighted by molar-refractivity contribution is 5.30. The Balaban J connectivity index is 1.92. The average Bonchev–Trinajstić information content (AvgIpc) is 2.69. The molecule has 1 N–H and O–H groups in total. The van der Waals surface area contributed by atoms with Gasteiger partial charge in [-0.25, -0.2) is 0 Å². The number of nitrogens with one attached hydrogen (secondary N) is 1. The summed E-state index contributed by atoms with van der Waals surface area (Å²) in [6.45, 7) is 10.2. The van der Waals surface area contributed by atoms with Crippen LogP contribution in [0.5, 0.6) is 0 Å². The van der Waals surface area contributed by atoms with Crippen LogP contribution in [0.25, 0.3) is 0 Å². The lowest BCUT2D eigenvalue weighted by atomic mass is 9.93. The van der Waals surface area contributed by atoms with Crippen molar-refractivity contribution in [2.75, 3.05) is 0 Å². The van der Waals surface area contributed by atoms with Crippen molar-refractivity contribution in [1.82, 2.24) is 5.32 Å². The van der Waals surface area contributed by atoms with E-state index in [1.54, 1.807) is 0 Å². The minimum atomic E-state index is 0.718. The predicted molar refractivity (Wildman–Crippen MR) is 78.7 cm³/mol. The van der Waals surface area contributed by atoms with E-state index in [1.165, 1.54) is 36.0 Å². The van der Waals surface area contributed by atoms with E-state index < -0.39 is 0 Å². The van der Waals surface area contributed by atoms with Gasteiger partial charge in [-0.15, -0.1) is 0 Å². The van der Waals surface area contributed by atoms with Crippen LogP contribution in [0.4, 0.5) is 0 Å². The fourth-order valence-corrected chi connectivity index (χ4v) is 3.40. The first-order valence-electron chi connectivity index (χ1n) is 7.41. The number of hydrogen-bond donors (Lipinski definition) is 1. The highest BCUT2D eigenvalue weighted by Crippen LogP contribution is 2.34. The summed E-state index contributed by atoms with van der Waals surface area (Å²) in [5, 5.41) is 3.77. The van der Waals surface area contributed by atoms with Crippen LogP contribution < -0.4 is 5.32 Å². The van der Waals surface area contributed by atoms with Crippen LogP contribution >= 0.6 is 0 Å². The highest BCUT2D eigenvalue weighted by atomic mass is 14.9. The summed E-state index contributed by atoms with van der Waals surface area (Å²) in [5.41, 5.74) is 4.23. The maximum atomic E-state index is 3.77. The maximum absolute atomic E-state index is 3.77. The summed E-state index contributed by atoms with van der Waals surface area (Å²) >= 11 is 0. The monoisotopic (exact) mass is 245 g/mol. The van der Waals surface area contributed by atoms with Crippen LogP contribution in [-0.4, -0.2) is 6.04 Å². The van der Waals surface area contributed by atoms with Gasteiger partial charge in [-0.3, -0.25) is 0 Å². The first-order valence-corrected chi connectivity index (χ1v) is 7.41. The fraction of sp³-hybridized carbons (Fsp3) is 0.647. The molecule has 1 aromatic rings. The van der Waals surface area contributed by atoms with Crippen molar-refractivity contribution in [3.8, 4) is 0 Å². The minimum Gasteiger partial charge on any atom is -0.310 e. The molecule has 18 heavy (non-hydrogen) atoms. The molecule has 0 aliphatic heterocycles. The second-order valence-corrected chi connectivity index (χ2v) is 6.02. The van der Waals surface area contributed by atoms with E-state index in [4.69, 9.17) is 0 Å². The van der Waals surface area contributed by atoms with Gasteiger partial charge < -0.3 is 5.32 Å². The van der Waals surface area contributed by atoms with E-state index in [-0.39, 0.29) is 0 Å². The second kappa shape index (κ2) is 5.88. The second-order valence-electron chi connectivity index (χ2n) is 6.02. The quantitative estimate of drug-likeness (QED) is 0.837. The molecule has 1 aliphatic rings. The third kappa shape index (κ3) is 2.95. The minimum absolute atomic E-state index is 0.718. The Kier molecular flexibility index (Phi) is 4.45. The molecule has 0 amide bonds. The molecule has 2 rings (SSSR count). The first-order chi connectivity index (χ1) is 8.61. The van der Waals surface area contributed by atoms with Crippen molar-refractivity contribution in [2.24, 2.45) is 11.8 Å². The molecule has 0 bridgehead atoms. The highest BCUT2D eigenvalue weighted by Gasteiger charge is 2.30. The number of aryl methyl sites for hydroxylation is 2. The molecule has 3 atom stereocenters. The summed E-state index contributed by atoms with van der Waals surface area (Å²) < 4.78 is 0. The third-order valence-electron chi connectivity index (χ3n) is 4.80. The largest absolute Gasteiger partial charge is 0.310 e. The molecule has 1 aromatic carbocycles. The number of benzene rings is 1. The molecule has 0 heterocycles. The Labute approximate surface area is 112 Å². The van der Waals surface area contributed by atoms with Gasteiger partial charge in [0.15, 0.2) is 0 Å². The van der Waals surface area contributed by atoms with Crippen molar-refractivity contribution >= 4 is 0 Å². The molecular formula is C17H27N. The van der Waals surface area contributed by atoms with E-state index in [1.807, 2.05) is 0 Å². The predicted octanol–water partition coefficient (Wildman–Crippen LogP) is 4.22. The van der Waals surface area contributed by atoms with Gasteiger partial charge >= 0.3 is 0 Å². The van der Waals surface area contributed by atoms with E-state index in [9.17, 15) is 0 Å². The summed E-state index contributed by atoms with van der Waals surface area (Å²) in [4.78, 5) is 0. The van der Waals surface area contributed by atoms with Crippen LogP contribution in [-0.2, 0) is 6.54 Å². The van der Waals surface area contributed by atoms with Crippen molar-refractivity contribution in [3.05, 3.63) is 34.9 Å². The lowest BCUT2D eigenvalue weighted by Gasteiger charge is -2.21. The van der Waals surface area contributed by atoms with Gasteiger partial charge in [0.1, 0.15) is 0 Å². The molecule has 1 heteroatoms. The molecule has 0 saturated heterocycles. The first kappa shape index (κ1) is 13.6. The van der Waals surface area contributed by atoms with Crippen LogP contribution in [0.3, 0.4) is 0 Å². The fourth-order valence-electron chi connectivity index (χ4n) is 3.40. The Hall–Kier alpha value is -0.820. The van der Waals surface area contributed by atoms with Crippen LogP contribution in [0.15, 0.2) is 18.2 Å². The summed E-state index contributed by atoms with van der Waals surface area (Å²) in [7, 11) is 0. The maximum Gasteiger partial charge on any atom is 0.0210 e. The Bertz CT molecular complexity index is 397. The standard InChI is InChI=1S/C17H27N/c1-5-15-8-9-17(14(15)4)18-11-16-7-6-12(2)10-13(16)3/h6-7,10,14-15,17-18H,5,8-9,11H2,1-4H3. The molecule has 1 saturated carbocycles. The van der Waals surface area contributed by atoms with E-state index in [0.29, 0.717) is 0 Å². The van der Waals surface area contributed by atoms with Crippen molar-refractivity contribution < 1.29 is 0 Å². The molecule has 3 unspecified atom stereocenters. The molecule has 0 radical (unpaired) electrons. The zero-order chi connectivity index (χ0) is 13.1. The number of rotatable bonds is 4. The molecule has 1 nitrogen and oxygen atoms in total. The van der Waals surface area contributed by atoms with Crippen LogP contribution in [0.2, 0.25) is 0 Å². The molecule has 0 aromatic heterocycles. The molecule has 0 spiro atoms. The van der Waals surface area contributed by atoms with Gasteiger partial charge in [-0.05, 0) is 49.7 Å². The third-order valence-corrected chi connectivity index (χ3v) is 4.80. The van der Waals surface area contributed by atoms with Gasteiger partial charge in [-0.1, -0.05) is 44.0 Å². The number of hydrogen-bond acceptors (Lipinski definition) is 1. The Morgan fingerprint density at radius 3 is 2.61 bits per heavy atom. The van der Waals surface area contributed by atoms with E-state index in [2.05, 4.69) is 51.2 Å². The van der Waals surface area contributed by atoms with Gasteiger partial charge in [0.2, 0.25) is 0 Å². The Morgan fingerprint density at radius 1 is 1.22 bits per heavy atom. The zero-order valence-electron chi connectivity index (χ0n) is 12.3. The zero-order valence-corrected chi connectivity index (χ0v) is 12.3. The molecule has 100 valence electrons. The molecule has 1 fully saturated rings. The summed E-state index contributed by atoms with van der Waals surface area (Å²) in [6, 6.07) is 7.49. The van der Waals surface area contributed by atoms with Gasteiger partial charge in [0, 0.05) is 12.6 Å². The van der Waals surface area contributed by atoms with Gasteiger partial charge in [-0.2, -0.15) is 0 Å². The van der Waals surface area contributed by atoms with Gasteiger partial charge in [0.25, 0.3) is 0 Å². The lowest BCUT2D eigenvalue weighted by molar-refractivity contribution is 0.344. The summed E-state index contributed by atoms with van der Waals surface area (Å²) in [5.74, 6) is 1.77. The van der Waals surface area contributed by atoms with Crippen LogP contribution in [0, 0.1) is 25.7 Å². The molecule has 1 aliphatic carbocycles. The smallest absolute Gasteiger partial charge is 0.0210 e. The SMILES string of the molecule is CCC1CCC(NCc2ccc(C)cc2C)C1C. The van der Waals surface area contributed by atoms with E-state index >= 15 is 0 Å². The van der Waals surface area contributed by atoms with Gasteiger partial charge in [0.05, 0.1) is 0 Å². The molecular weight excluding hydrogens is 218 g/mol. The van der Waals surface area contributed by atoms with Crippen LogP contribution in [0.1, 0.15) is 49.8 Å².